The van der Waals surface area contributed by atoms with Crippen LogP contribution in [0.15, 0.2) is 66.0 Å². The molecule has 0 saturated carbocycles. The van der Waals surface area contributed by atoms with E-state index in [1.54, 1.807) is 0 Å². The minimum absolute atomic E-state index is 0.0687. The average molecular weight is 380 g/mol. The fourth-order valence-corrected chi connectivity index (χ4v) is 3.46. The first-order valence-corrected chi connectivity index (χ1v) is 9.47. The van der Waals surface area contributed by atoms with Gasteiger partial charge in [-0.2, -0.15) is 0 Å². The quantitative estimate of drug-likeness (QED) is 0.626. The Morgan fingerprint density at radius 1 is 1.07 bits per heavy atom. The number of nitrogens with zero attached hydrogens (tertiary/aromatic N) is 1. The number of amides is 1. The Balaban J connectivity index is 1.58. The second kappa shape index (κ2) is 9.09. The summed E-state index contributed by atoms with van der Waals surface area (Å²) in [7, 11) is 0. The predicted octanol–water partition coefficient (Wildman–Crippen LogP) is 4.12. The Labute approximate surface area is 162 Å². The van der Waals surface area contributed by atoms with Crippen LogP contribution in [0.3, 0.4) is 0 Å². The van der Waals surface area contributed by atoms with Crippen molar-refractivity contribution in [3.8, 4) is 10.6 Å². The molecule has 0 aliphatic rings. The molecular formula is C21H20N2O3S. The Morgan fingerprint density at radius 3 is 2.41 bits per heavy atom. The number of aromatic nitrogens is 1. The van der Waals surface area contributed by atoms with E-state index in [1.165, 1.54) is 18.3 Å². The van der Waals surface area contributed by atoms with Crippen molar-refractivity contribution in [3.63, 3.8) is 0 Å². The maximum Gasteiger partial charge on any atom is 0.308 e. The number of benzene rings is 2. The molecule has 0 bridgehead atoms. The minimum Gasteiger partial charge on any atom is -0.459 e. The zero-order valence-electron chi connectivity index (χ0n) is 14.9. The molecule has 3 rings (SSSR count). The molecule has 3 aromatic rings. The Hall–Kier alpha value is -2.99. The van der Waals surface area contributed by atoms with Gasteiger partial charge in [-0.15, -0.1) is 11.3 Å². The number of thiazole rings is 1. The van der Waals surface area contributed by atoms with Crippen LogP contribution in [0.5, 0.6) is 0 Å². The van der Waals surface area contributed by atoms with Gasteiger partial charge in [0.25, 0.3) is 0 Å². The summed E-state index contributed by atoms with van der Waals surface area (Å²) in [5.41, 5.74) is 2.61. The first-order valence-electron chi connectivity index (χ1n) is 8.59. The van der Waals surface area contributed by atoms with Gasteiger partial charge in [0.2, 0.25) is 5.91 Å². The van der Waals surface area contributed by atoms with Gasteiger partial charge in [0, 0.05) is 17.9 Å². The SMILES string of the molecule is CC(=O)NC(CC(=O)OCc1csc(-c2ccccc2)n1)c1ccccc1. The fourth-order valence-electron chi connectivity index (χ4n) is 2.65. The Bertz CT molecular complexity index is 894. The van der Waals surface area contributed by atoms with Crippen LogP contribution in [0.2, 0.25) is 0 Å². The smallest absolute Gasteiger partial charge is 0.308 e. The van der Waals surface area contributed by atoms with Gasteiger partial charge in [-0.25, -0.2) is 4.98 Å². The van der Waals surface area contributed by atoms with Crippen LogP contribution in [-0.4, -0.2) is 16.9 Å². The van der Waals surface area contributed by atoms with E-state index in [0.717, 1.165) is 16.1 Å². The highest BCUT2D eigenvalue weighted by molar-refractivity contribution is 7.13. The second-order valence-electron chi connectivity index (χ2n) is 6.04. The topological polar surface area (TPSA) is 68.3 Å². The van der Waals surface area contributed by atoms with Crippen LogP contribution in [0, 0.1) is 0 Å². The Kier molecular flexibility index (Phi) is 6.33. The van der Waals surface area contributed by atoms with Gasteiger partial charge in [0.15, 0.2) is 0 Å². The number of carbonyl (C=O) groups excluding carboxylic acids is 2. The van der Waals surface area contributed by atoms with E-state index in [2.05, 4.69) is 10.3 Å². The first kappa shape index (κ1) is 18.8. The highest BCUT2D eigenvalue weighted by Crippen LogP contribution is 2.24. The third-order valence-corrected chi connectivity index (χ3v) is 4.84. The van der Waals surface area contributed by atoms with Crippen LogP contribution in [0.1, 0.15) is 30.6 Å². The van der Waals surface area contributed by atoms with Crippen molar-refractivity contribution < 1.29 is 14.3 Å². The maximum absolute atomic E-state index is 12.3. The molecule has 27 heavy (non-hydrogen) atoms. The zero-order chi connectivity index (χ0) is 19.1. The van der Waals surface area contributed by atoms with Crippen molar-refractivity contribution in [2.24, 2.45) is 0 Å². The molecular weight excluding hydrogens is 360 g/mol. The lowest BCUT2D eigenvalue weighted by Crippen LogP contribution is -2.28. The number of nitrogens with one attached hydrogen (secondary N) is 1. The number of ether oxygens (including phenoxy) is 1. The van der Waals surface area contributed by atoms with Gasteiger partial charge in [-0.1, -0.05) is 60.7 Å². The number of esters is 1. The summed E-state index contributed by atoms with van der Waals surface area (Å²) < 4.78 is 5.36. The normalized spacial score (nSPS) is 11.6. The van der Waals surface area contributed by atoms with E-state index in [9.17, 15) is 9.59 Å². The molecule has 0 aliphatic heterocycles. The monoisotopic (exact) mass is 380 g/mol. The van der Waals surface area contributed by atoms with Crippen molar-refractivity contribution in [2.45, 2.75) is 26.0 Å². The lowest BCUT2D eigenvalue weighted by Gasteiger charge is -2.17. The standard InChI is InChI=1S/C21H20N2O3S/c1-15(24)22-19(16-8-4-2-5-9-16)12-20(25)26-13-18-14-27-21(23-18)17-10-6-3-7-11-17/h2-11,14,19H,12-13H2,1H3,(H,22,24). The van der Waals surface area contributed by atoms with Crippen LogP contribution in [0.25, 0.3) is 10.6 Å². The number of carbonyl (C=O) groups is 2. The molecule has 1 amide bonds. The minimum atomic E-state index is -0.411. The molecule has 0 saturated heterocycles. The van der Waals surface area contributed by atoms with Crippen molar-refractivity contribution in [2.75, 3.05) is 0 Å². The number of rotatable bonds is 7. The first-order chi connectivity index (χ1) is 13.1. The van der Waals surface area contributed by atoms with Crippen molar-refractivity contribution >= 4 is 23.2 Å². The van der Waals surface area contributed by atoms with E-state index in [1.807, 2.05) is 66.0 Å². The fraction of sp³-hybridized carbons (Fsp3) is 0.190. The molecule has 1 unspecified atom stereocenters. The van der Waals surface area contributed by atoms with E-state index < -0.39 is 6.04 Å². The molecule has 6 heteroatoms. The third kappa shape index (κ3) is 5.49. The summed E-state index contributed by atoms with van der Waals surface area (Å²) in [5, 5.41) is 5.58. The highest BCUT2D eigenvalue weighted by Gasteiger charge is 2.18. The molecule has 1 heterocycles. The second-order valence-corrected chi connectivity index (χ2v) is 6.90. The summed E-state index contributed by atoms with van der Waals surface area (Å²) in [6.07, 6.45) is 0.0687. The molecule has 138 valence electrons. The molecule has 0 radical (unpaired) electrons. The maximum atomic E-state index is 12.3. The lowest BCUT2D eigenvalue weighted by atomic mass is 10.0. The summed E-state index contributed by atoms with van der Waals surface area (Å²) in [5.74, 6) is -0.574. The van der Waals surface area contributed by atoms with Crippen LogP contribution < -0.4 is 5.32 Å². The molecule has 0 fully saturated rings. The summed E-state index contributed by atoms with van der Waals surface area (Å²) in [4.78, 5) is 28.2. The van der Waals surface area contributed by atoms with Gasteiger partial charge < -0.3 is 10.1 Å². The van der Waals surface area contributed by atoms with Crippen LogP contribution in [-0.2, 0) is 20.9 Å². The summed E-state index contributed by atoms with van der Waals surface area (Å²) in [6, 6.07) is 18.8. The number of hydrogen-bond donors (Lipinski definition) is 1. The van der Waals surface area contributed by atoms with E-state index in [0.29, 0.717) is 5.69 Å². The van der Waals surface area contributed by atoms with Gasteiger partial charge in [0.05, 0.1) is 18.2 Å². The average Bonchev–Trinajstić information content (AvgIpc) is 3.16. The van der Waals surface area contributed by atoms with Gasteiger partial charge >= 0.3 is 5.97 Å². The molecule has 0 spiro atoms. The molecule has 1 atom stereocenters. The van der Waals surface area contributed by atoms with E-state index >= 15 is 0 Å². The molecule has 1 N–H and O–H groups in total. The summed E-state index contributed by atoms with van der Waals surface area (Å²) >= 11 is 1.51. The lowest BCUT2D eigenvalue weighted by molar-refractivity contribution is -0.145. The Morgan fingerprint density at radius 2 is 1.74 bits per heavy atom. The van der Waals surface area contributed by atoms with E-state index in [4.69, 9.17) is 4.74 Å². The predicted molar refractivity (Wildman–Crippen MR) is 105 cm³/mol. The third-order valence-electron chi connectivity index (χ3n) is 3.90. The molecule has 5 nitrogen and oxygen atoms in total. The van der Waals surface area contributed by atoms with Gasteiger partial charge in [-0.05, 0) is 5.56 Å². The molecule has 1 aromatic heterocycles. The largest absolute Gasteiger partial charge is 0.459 e. The highest BCUT2D eigenvalue weighted by atomic mass is 32.1. The van der Waals surface area contributed by atoms with Gasteiger partial charge in [0.1, 0.15) is 11.6 Å². The molecule has 0 aliphatic carbocycles. The van der Waals surface area contributed by atoms with Gasteiger partial charge in [-0.3, -0.25) is 9.59 Å². The van der Waals surface area contributed by atoms with Crippen molar-refractivity contribution in [3.05, 3.63) is 77.3 Å². The van der Waals surface area contributed by atoms with Crippen LogP contribution in [0.4, 0.5) is 0 Å². The summed E-state index contributed by atoms with van der Waals surface area (Å²) in [6.45, 7) is 1.55. The van der Waals surface area contributed by atoms with E-state index in [-0.39, 0.29) is 24.9 Å². The molecule has 2 aromatic carbocycles. The number of hydrogen-bond acceptors (Lipinski definition) is 5. The zero-order valence-corrected chi connectivity index (χ0v) is 15.7. The van der Waals surface area contributed by atoms with Crippen molar-refractivity contribution in [1.29, 1.82) is 0 Å². The van der Waals surface area contributed by atoms with Crippen LogP contribution >= 0.6 is 11.3 Å². The van der Waals surface area contributed by atoms with Crippen molar-refractivity contribution in [1.82, 2.24) is 10.3 Å².